The quantitative estimate of drug-likeness (QED) is 0.0648. The van der Waals surface area contributed by atoms with Crippen LogP contribution in [0.5, 0.6) is 0 Å². The van der Waals surface area contributed by atoms with E-state index in [9.17, 15) is 4.79 Å². The number of rotatable bonds is 22. The Balaban J connectivity index is 1.07. The van der Waals surface area contributed by atoms with Crippen LogP contribution >= 0.6 is 0 Å². The number of fused-ring (bicyclic) bond motifs is 5. The van der Waals surface area contributed by atoms with Crippen LogP contribution in [0, 0.1) is 52.3 Å². The number of carbonyl (C=O) groups is 1. The first-order valence-corrected chi connectivity index (χ1v) is 22.1. The summed E-state index contributed by atoms with van der Waals surface area (Å²) in [6.45, 7) is 17.8. The van der Waals surface area contributed by atoms with Crippen molar-refractivity contribution in [2.45, 2.75) is 215 Å². The van der Waals surface area contributed by atoms with E-state index in [0.29, 0.717) is 17.4 Å². The highest BCUT2D eigenvalue weighted by atomic mass is 16.7. The average molecular weight is 683 g/mol. The van der Waals surface area contributed by atoms with Crippen LogP contribution in [0.25, 0.3) is 0 Å². The highest BCUT2D eigenvalue weighted by molar-refractivity contribution is 5.60. The SMILES string of the molecule is CC(C)CCCCCCCCCCCCCCCOC(=O)O[C@@H]1CC[C@]2(C)C(=CC[C@H]3[C@@H]4CCC([C@H](C)CCCC(C)C)[C@]4(C)CC[C@@H]32)C1. The summed E-state index contributed by atoms with van der Waals surface area (Å²) in [5, 5.41) is 0. The van der Waals surface area contributed by atoms with Crippen LogP contribution in [-0.4, -0.2) is 18.9 Å². The molecule has 0 aliphatic heterocycles. The Morgan fingerprint density at radius 3 is 1.92 bits per heavy atom. The van der Waals surface area contributed by atoms with Gasteiger partial charge >= 0.3 is 6.16 Å². The zero-order chi connectivity index (χ0) is 35.3. The zero-order valence-corrected chi connectivity index (χ0v) is 33.8. The molecule has 0 saturated heterocycles. The molecule has 0 amide bonds. The van der Waals surface area contributed by atoms with Gasteiger partial charge in [-0.15, -0.1) is 0 Å². The molecule has 3 heteroatoms. The predicted octanol–water partition coefficient (Wildman–Crippen LogP) is 14.7. The van der Waals surface area contributed by atoms with Gasteiger partial charge in [-0.25, -0.2) is 4.79 Å². The molecule has 0 spiro atoms. The molecule has 3 nitrogen and oxygen atoms in total. The van der Waals surface area contributed by atoms with Crippen LogP contribution in [0.1, 0.15) is 209 Å². The monoisotopic (exact) mass is 683 g/mol. The number of unbranched alkanes of at least 4 members (excludes halogenated alkanes) is 12. The maximum Gasteiger partial charge on any atom is 0.508 e. The molecule has 49 heavy (non-hydrogen) atoms. The maximum atomic E-state index is 12.6. The summed E-state index contributed by atoms with van der Waals surface area (Å²) in [5.41, 5.74) is 2.42. The van der Waals surface area contributed by atoms with Gasteiger partial charge in [-0.3, -0.25) is 0 Å². The van der Waals surface area contributed by atoms with Gasteiger partial charge in [-0.2, -0.15) is 0 Å². The molecule has 0 bridgehead atoms. The Labute approximate surface area is 305 Å². The highest BCUT2D eigenvalue weighted by Crippen LogP contribution is 2.67. The smallest absolute Gasteiger partial charge is 0.434 e. The summed E-state index contributed by atoms with van der Waals surface area (Å²) in [7, 11) is 0. The molecule has 4 aliphatic rings. The summed E-state index contributed by atoms with van der Waals surface area (Å²) >= 11 is 0. The molecule has 0 aromatic carbocycles. The average Bonchev–Trinajstić information content (AvgIpc) is 3.41. The molecule has 0 aromatic heterocycles. The molecule has 0 radical (unpaired) electrons. The van der Waals surface area contributed by atoms with Crippen LogP contribution in [0.4, 0.5) is 4.79 Å². The lowest BCUT2D eigenvalue weighted by atomic mass is 9.47. The first-order chi connectivity index (χ1) is 23.5. The number of allylic oxidation sites excluding steroid dienone is 1. The number of ether oxygens (including phenoxy) is 2. The van der Waals surface area contributed by atoms with E-state index < -0.39 is 6.16 Å². The minimum Gasteiger partial charge on any atom is -0.434 e. The van der Waals surface area contributed by atoms with Crippen molar-refractivity contribution < 1.29 is 14.3 Å². The summed E-state index contributed by atoms with van der Waals surface area (Å²) in [5.74, 6) is 6.03. The largest absolute Gasteiger partial charge is 0.508 e. The van der Waals surface area contributed by atoms with Crippen molar-refractivity contribution in [2.24, 2.45) is 52.3 Å². The lowest BCUT2D eigenvalue weighted by molar-refractivity contribution is -0.0617. The van der Waals surface area contributed by atoms with Gasteiger partial charge in [-0.05, 0) is 104 Å². The van der Waals surface area contributed by atoms with Gasteiger partial charge < -0.3 is 9.47 Å². The number of hydrogen-bond acceptors (Lipinski definition) is 3. The van der Waals surface area contributed by atoms with E-state index in [4.69, 9.17) is 9.47 Å². The molecular weight excluding hydrogens is 601 g/mol. The molecule has 0 N–H and O–H groups in total. The molecule has 1 unspecified atom stereocenters. The van der Waals surface area contributed by atoms with Crippen LogP contribution in [-0.2, 0) is 9.47 Å². The molecule has 0 heterocycles. The normalized spacial score (nSPS) is 31.6. The second-order valence-electron chi connectivity index (χ2n) is 19.1. The van der Waals surface area contributed by atoms with Gasteiger partial charge in [-0.1, -0.05) is 163 Å². The standard InChI is InChI=1S/C46H82O3/c1-35(2)22-19-17-15-13-11-9-8-10-12-14-16-18-20-33-48-44(47)49-39-29-31-45(6)38(34-39)25-26-40-42-28-27-41(37(5)24-21-23-36(3)4)46(42,7)32-30-43(40)45/h25,35-37,39-43H,8-24,26-34H2,1-7H3/t37-,39-,40+,41?,42+,43+,45-,46+/m1/s1. The first kappa shape index (κ1) is 40.8. The second kappa shape index (κ2) is 20.3. The Hall–Kier alpha value is -0.990. The molecule has 284 valence electrons. The Morgan fingerprint density at radius 1 is 0.694 bits per heavy atom. The van der Waals surface area contributed by atoms with Crippen LogP contribution in [0.15, 0.2) is 11.6 Å². The fraction of sp³-hybridized carbons (Fsp3) is 0.935. The van der Waals surface area contributed by atoms with Crippen molar-refractivity contribution in [2.75, 3.05) is 6.61 Å². The first-order valence-electron chi connectivity index (χ1n) is 22.1. The van der Waals surface area contributed by atoms with Gasteiger partial charge in [0.15, 0.2) is 0 Å². The van der Waals surface area contributed by atoms with Crippen LogP contribution in [0.3, 0.4) is 0 Å². The summed E-state index contributed by atoms with van der Waals surface area (Å²) in [6.07, 6.45) is 35.2. The van der Waals surface area contributed by atoms with Gasteiger partial charge in [0.2, 0.25) is 0 Å². The topological polar surface area (TPSA) is 35.5 Å². The Bertz CT molecular complexity index is 983. The third kappa shape index (κ3) is 11.8. The van der Waals surface area contributed by atoms with Gasteiger partial charge in [0.25, 0.3) is 0 Å². The van der Waals surface area contributed by atoms with E-state index in [0.717, 1.165) is 73.5 Å². The third-order valence-corrected chi connectivity index (χ3v) is 14.7. The maximum absolute atomic E-state index is 12.6. The van der Waals surface area contributed by atoms with Crippen molar-refractivity contribution >= 4 is 6.16 Å². The molecule has 8 atom stereocenters. The van der Waals surface area contributed by atoms with Crippen LogP contribution < -0.4 is 0 Å². The fourth-order valence-electron chi connectivity index (χ4n) is 11.7. The highest BCUT2D eigenvalue weighted by Gasteiger charge is 2.59. The lowest BCUT2D eigenvalue weighted by Crippen LogP contribution is -2.51. The van der Waals surface area contributed by atoms with E-state index in [1.54, 1.807) is 5.57 Å². The summed E-state index contributed by atoms with van der Waals surface area (Å²) in [4.78, 5) is 12.6. The molecule has 4 rings (SSSR count). The lowest BCUT2D eigenvalue weighted by Gasteiger charge is -2.58. The molecular formula is C46H82O3. The second-order valence-corrected chi connectivity index (χ2v) is 19.1. The summed E-state index contributed by atoms with van der Waals surface area (Å²) in [6, 6.07) is 0. The number of hydrogen-bond donors (Lipinski definition) is 0. The summed E-state index contributed by atoms with van der Waals surface area (Å²) < 4.78 is 11.5. The minimum absolute atomic E-state index is 0.00958. The van der Waals surface area contributed by atoms with Gasteiger partial charge in [0.1, 0.15) is 6.10 Å². The van der Waals surface area contributed by atoms with Crippen molar-refractivity contribution in [1.29, 1.82) is 0 Å². The predicted molar refractivity (Wildman–Crippen MR) is 209 cm³/mol. The van der Waals surface area contributed by atoms with Crippen molar-refractivity contribution in [1.82, 2.24) is 0 Å². The van der Waals surface area contributed by atoms with E-state index in [-0.39, 0.29) is 6.10 Å². The third-order valence-electron chi connectivity index (χ3n) is 14.7. The van der Waals surface area contributed by atoms with E-state index >= 15 is 0 Å². The van der Waals surface area contributed by atoms with E-state index in [2.05, 4.69) is 54.5 Å². The molecule has 4 aliphatic carbocycles. The Kier molecular flexibility index (Phi) is 16.9. The van der Waals surface area contributed by atoms with E-state index in [1.165, 1.54) is 128 Å². The molecule has 0 aromatic rings. The van der Waals surface area contributed by atoms with Crippen molar-refractivity contribution in [3.63, 3.8) is 0 Å². The molecule has 3 fully saturated rings. The Morgan fingerprint density at radius 2 is 1.29 bits per heavy atom. The number of carbonyl (C=O) groups excluding carboxylic acids is 1. The van der Waals surface area contributed by atoms with Gasteiger partial charge in [0, 0.05) is 6.42 Å². The minimum atomic E-state index is -0.434. The van der Waals surface area contributed by atoms with Crippen molar-refractivity contribution in [3.05, 3.63) is 11.6 Å². The zero-order valence-electron chi connectivity index (χ0n) is 33.8. The van der Waals surface area contributed by atoms with Crippen molar-refractivity contribution in [3.8, 4) is 0 Å². The van der Waals surface area contributed by atoms with Crippen LogP contribution in [0.2, 0.25) is 0 Å². The van der Waals surface area contributed by atoms with Gasteiger partial charge in [0.05, 0.1) is 6.61 Å². The molecule has 3 saturated carbocycles. The fourth-order valence-corrected chi connectivity index (χ4v) is 11.7. The van der Waals surface area contributed by atoms with E-state index in [1.807, 2.05) is 0 Å².